The molecule has 0 aromatic carbocycles. The average molecular weight is 180 g/mol. The minimum Gasteiger partial charge on any atom is -0.309 e. The van der Waals surface area contributed by atoms with Gasteiger partial charge >= 0.3 is 0 Å². The normalized spacial score (nSPS) is 22.2. The molecule has 0 bridgehead atoms. The van der Waals surface area contributed by atoms with Gasteiger partial charge in [0.05, 0.1) is 6.04 Å². The van der Waals surface area contributed by atoms with Crippen molar-refractivity contribution in [1.82, 2.24) is 4.90 Å². The van der Waals surface area contributed by atoms with Crippen LogP contribution in [0.2, 0.25) is 0 Å². The minimum atomic E-state index is 0.546. The molecule has 0 saturated heterocycles. The van der Waals surface area contributed by atoms with Crippen LogP contribution in [0.3, 0.4) is 0 Å². The van der Waals surface area contributed by atoms with Gasteiger partial charge in [-0.1, -0.05) is 5.57 Å². The Morgan fingerprint density at radius 2 is 2.31 bits per heavy atom. The Morgan fingerprint density at radius 1 is 1.54 bits per heavy atom. The molecule has 13 heavy (non-hydrogen) atoms. The highest BCUT2D eigenvalue weighted by molar-refractivity contribution is 5.73. The minimum absolute atomic E-state index is 0.546. The molecule has 2 heteroatoms. The van der Waals surface area contributed by atoms with Gasteiger partial charge in [0.2, 0.25) is 0 Å². The number of dihydropyridines is 1. The average Bonchev–Trinajstić information content (AvgIpc) is 2.03. The van der Waals surface area contributed by atoms with E-state index < -0.39 is 0 Å². The predicted molar refractivity (Wildman–Crippen MR) is 58.4 cm³/mol. The molecule has 0 aliphatic carbocycles. The molecule has 0 saturated carbocycles. The fourth-order valence-corrected chi connectivity index (χ4v) is 1.60. The molecule has 0 amide bonds. The molecular formula is C11H20N2. The van der Waals surface area contributed by atoms with Crippen molar-refractivity contribution >= 4 is 6.21 Å². The Balaban J connectivity index is 2.17. The molecule has 1 atom stereocenters. The van der Waals surface area contributed by atoms with Crippen LogP contribution in [0.4, 0.5) is 0 Å². The SMILES string of the molecule is CC1=CC=NC(CCCN(C)C)C1. The van der Waals surface area contributed by atoms with Crippen LogP contribution < -0.4 is 0 Å². The number of nitrogens with zero attached hydrogens (tertiary/aromatic N) is 2. The third-order valence-electron chi connectivity index (χ3n) is 2.36. The van der Waals surface area contributed by atoms with Crippen molar-refractivity contribution in [1.29, 1.82) is 0 Å². The van der Waals surface area contributed by atoms with Gasteiger partial charge in [-0.2, -0.15) is 0 Å². The van der Waals surface area contributed by atoms with Gasteiger partial charge < -0.3 is 4.90 Å². The van der Waals surface area contributed by atoms with Gasteiger partial charge in [0.25, 0.3) is 0 Å². The first-order valence-corrected chi connectivity index (χ1v) is 5.02. The summed E-state index contributed by atoms with van der Waals surface area (Å²) in [6.45, 7) is 3.36. The van der Waals surface area contributed by atoms with Crippen molar-refractivity contribution in [2.45, 2.75) is 32.2 Å². The topological polar surface area (TPSA) is 15.6 Å². The molecule has 0 aromatic heterocycles. The molecule has 1 rings (SSSR count). The van der Waals surface area contributed by atoms with E-state index >= 15 is 0 Å². The second-order valence-electron chi connectivity index (χ2n) is 4.11. The lowest BCUT2D eigenvalue weighted by atomic mass is 10.0. The van der Waals surface area contributed by atoms with E-state index in [0.29, 0.717) is 6.04 Å². The molecule has 74 valence electrons. The summed E-state index contributed by atoms with van der Waals surface area (Å²) in [4.78, 5) is 6.69. The summed E-state index contributed by atoms with van der Waals surface area (Å²) in [7, 11) is 4.24. The van der Waals surface area contributed by atoms with Crippen LogP contribution in [0, 0.1) is 0 Å². The van der Waals surface area contributed by atoms with Gasteiger partial charge in [-0.3, -0.25) is 4.99 Å². The van der Waals surface area contributed by atoms with Crippen LogP contribution in [-0.2, 0) is 0 Å². The summed E-state index contributed by atoms with van der Waals surface area (Å²) in [5.41, 5.74) is 1.46. The van der Waals surface area contributed by atoms with Crippen LogP contribution in [0.1, 0.15) is 26.2 Å². The van der Waals surface area contributed by atoms with Crippen LogP contribution in [-0.4, -0.2) is 37.8 Å². The highest BCUT2D eigenvalue weighted by Gasteiger charge is 2.09. The largest absolute Gasteiger partial charge is 0.309 e. The second-order valence-corrected chi connectivity index (χ2v) is 4.11. The molecule has 0 spiro atoms. The summed E-state index contributed by atoms with van der Waals surface area (Å²) in [6.07, 6.45) is 7.70. The zero-order valence-electron chi connectivity index (χ0n) is 8.95. The summed E-state index contributed by atoms with van der Waals surface area (Å²) in [5, 5.41) is 0. The molecule has 1 aliphatic heterocycles. The molecule has 2 nitrogen and oxygen atoms in total. The Labute approximate surface area is 81.3 Å². The van der Waals surface area contributed by atoms with Crippen LogP contribution in [0.15, 0.2) is 16.6 Å². The monoisotopic (exact) mass is 180 g/mol. The third kappa shape index (κ3) is 4.23. The maximum Gasteiger partial charge on any atom is 0.0537 e. The third-order valence-corrected chi connectivity index (χ3v) is 2.36. The van der Waals surface area contributed by atoms with E-state index in [1.54, 1.807) is 0 Å². The van der Waals surface area contributed by atoms with Gasteiger partial charge in [-0.05, 0) is 52.9 Å². The number of hydrogen-bond acceptors (Lipinski definition) is 2. The van der Waals surface area contributed by atoms with E-state index in [4.69, 9.17) is 0 Å². The Hall–Kier alpha value is -0.630. The predicted octanol–water partition coefficient (Wildman–Crippen LogP) is 2.12. The van der Waals surface area contributed by atoms with Crippen molar-refractivity contribution < 1.29 is 0 Å². The van der Waals surface area contributed by atoms with E-state index in [-0.39, 0.29) is 0 Å². The van der Waals surface area contributed by atoms with Crippen molar-refractivity contribution in [2.75, 3.05) is 20.6 Å². The number of hydrogen-bond donors (Lipinski definition) is 0. The first-order valence-electron chi connectivity index (χ1n) is 5.02. The molecule has 1 heterocycles. The first-order chi connectivity index (χ1) is 6.18. The zero-order chi connectivity index (χ0) is 9.68. The highest BCUT2D eigenvalue weighted by Crippen LogP contribution is 2.15. The van der Waals surface area contributed by atoms with Crippen LogP contribution in [0.25, 0.3) is 0 Å². The molecule has 0 radical (unpaired) electrons. The lowest BCUT2D eigenvalue weighted by Gasteiger charge is -2.16. The number of aliphatic imine (C=N–C) groups is 1. The fraction of sp³-hybridized carbons (Fsp3) is 0.727. The fourth-order valence-electron chi connectivity index (χ4n) is 1.60. The summed E-state index contributed by atoms with van der Waals surface area (Å²) in [6, 6.07) is 0.546. The van der Waals surface area contributed by atoms with Gasteiger partial charge in [0.15, 0.2) is 0 Å². The van der Waals surface area contributed by atoms with E-state index in [2.05, 4.69) is 37.0 Å². The lowest BCUT2D eigenvalue weighted by molar-refractivity contribution is 0.384. The number of allylic oxidation sites excluding steroid dienone is 1. The zero-order valence-corrected chi connectivity index (χ0v) is 8.95. The quantitative estimate of drug-likeness (QED) is 0.647. The van der Waals surface area contributed by atoms with E-state index in [1.807, 2.05) is 6.21 Å². The maximum absolute atomic E-state index is 4.46. The van der Waals surface area contributed by atoms with Gasteiger partial charge in [-0.25, -0.2) is 0 Å². The smallest absolute Gasteiger partial charge is 0.0537 e. The van der Waals surface area contributed by atoms with Gasteiger partial charge in [0, 0.05) is 6.21 Å². The van der Waals surface area contributed by atoms with Crippen molar-refractivity contribution in [2.24, 2.45) is 4.99 Å². The molecule has 0 aromatic rings. The first kappa shape index (κ1) is 10.5. The van der Waals surface area contributed by atoms with E-state index in [1.165, 1.54) is 25.0 Å². The Morgan fingerprint density at radius 3 is 2.92 bits per heavy atom. The van der Waals surface area contributed by atoms with Gasteiger partial charge in [-0.15, -0.1) is 0 Å². The molecule has 0 fully saturated rings. The Bertz CT molecular complexity index is 204. The van der Waals surface area contributed by atoms with E-state index in [9.17, 15) is 0 Å². The standard InChI is InChI=1S/C11H20N2/c1-10-6-7-12-11(9-10)5-4-8-13(2)3/h6-7,11H,4-5,8-9H2,1-3H3. The second kappa shape index (κ2) is 5.18. The molecule has 1 aliphatic rings. The van der Waals surface area contributed by atoms with E-state index in [0.717, 1.165) is 6.42 Å². The molecule has 0 N–H and O–H groups in total. The van der Waals surface area contributed by atoms with Crippen LogP contribution >= 0.6 is 0 Å². The van der Waals surface area contributed by atoms with Crippen molar-refractivity contribution in [3.8, 4) is 0 Å². The van der Waals surface area contributed by atoms with Gasteiger partial charge in [0.1, 0.15) is 0 Å². The summed E-state index contributed by atoms with van der Waals surface area (Å²) in [5.74, 6) is 0. The van der Waals surface area contributed by atoms with Crippen molar-refractivity contribution in [3.63, 3.8) is 0 Å². The molecule has 1 unspecified atom stereocenters. The Kier molecular flexibility index (Phi) is 4.16. The van der Waals surface area contributed by atoms with Crippen LogP contribution in [0.5, 0.6) is 0 Å². The maximum atomic E-state index is 4.46. The summed E-state index contributed by atoms with van der Waals surface area (Å²) < 4.78 is 0. The summed E-state index contributed by atoms with van der Waals surface area (Å²) >= 11 is 0. The number of rotatable bonds is 4. The van der Waals surface area contributed by atoms with Crippen molar-refractivity contribution in [3.05, 3.63) is 11.6 Å². The lowest BCUT2D eigenvalue weighted by Crippen LogP contribution is -2.16. The molecular weight excluding hydrogens is 160 g/mol. The highest BCUT2D eigenvalue weighted by atomic mass is 15.0.